The standard InChI is InChI=1S/C23H25ClN2O4/c1-2-25-23(29)18-4-3-13-26(14-18)21(27)15-30-20-11-7-17(8-12-20)22(28)16-5-9-19(24)10-6-16/h5-12,18H,2-4,13-15H2,1H3,(H,25,29). The van der Waals surface area contributed by atoms with E-state index in [-0.39, 0.29) is 30.1 Å². The molecule has 3 rings (SSSR count). The van der Waals surface area contributed by atoms with Gasteiger partial charge in [0.15, 0.2) is 12.4 Å². The summed E-state index contributed by atoms with van der Waals surface area (Å²) in [7, 11) is 0. The number of rotatable bonds is 7. The Bertz CT molecular complexity index is 896. The Labute approximate surface area is 181 Å². The zero-order valence-electron chi connectivity index (χ0n) is 16.9. The van der Waals surface area contributed by atoms with Crippen LogP contribution in [0.4, 0.5) is 0 Å². The first kappa shape index (κ1) is 21.8. The van der Waals surface area contributed by atoms with Gasteiger partial charge in [0, 0.05) is 35.8 Å². The van der Waals surface area contributed by atoms with Crippen LogP contribution in [0.15, 0.2) is 48.5 Å². The summed E-state index contributed by atoms with van der Waals surface area (Å²) in [6.07, 6.45) is 1.59. The van der Waals surface area contributed by atoms with Gasteiger partial charge in [0.1, 0.15) is 5.75 Å². The van der Waals surface area contributed by atoms with Gasteiger partial charge >= 0.3 is 0 Å². The number of hydrogen-bond donors (Lipinski definition) is 1. The number of likely N-dealkylation sites (tertiary alicyclic amines) is 1. The molecule has 0 bridgehead atoms. The number of halogens is 1. The molecule has 1 unspecified atom stereocenters. The van der Waals surface area contributed by atoms with Crippen molar-refractivity contribution in [2.75, 3.05) is 26.2 Å². The molecule has 0 spiro atoms. The van der Waals surface area contributed by atoms with Crippen LogP contribution in [0, 0.1) is 5.92 Å². The SMILES string of the molecule is CCNC(=O)C1CCCN(C(=O)COc2ccc(C(=O)c3ccc(Cl)cc3)cc2)C1. The Balaban J connectivity index is 1.53. The summed E-state index contributed by atoms with van der Waals surface area (Å²) in [5, 5.41) is 3.39. The molecule has 6 nitrogen and oxygen atoms in total. The van der Waals surface area contributed by atoms with Crippen molar-refractivity contribution < 1.29 is 19.1 Å². The van der Waals surface area contributed by atoms with E-state index in [1.807, 2.05) is 6.92 Å². The van der Waals surface area contributed by atoms with Gasteiger partial charge in [-0.1, -0.05) is 11.6 Å². The normalized spacial score (nSPS) is 16.1. The number of hydrogen-bond acceptors (Lipinski definition) is 4. The molecule has 2 aromatic carbocycles. The van der Waals surface area contributed by atoms with Crippen molar-refractivity contribution >= 4 is 29.2 Å². The van der Waals surface area contributed by atoms with Crippen LogP contribution in [0.5, 0.6) is 5.75 Å². The molecule has 1 fully saturated rings. The molecule has 158 valence electrons. The maximum absolute atomic E-state index is 12.5. The van der Waals surface area contributed by atoms with E-state index < -0.39 is 0 Å². The number of ether oxygens (including phenoxy) is 1. The van der Waals surface area contributed by atoms with Gasteiger partial charge in [-0.15, -0.1) is 0 Å². The van der Waals surface area contributed by atoms with Crippen LogP contribution >= 0.6 is 11.6 Å². The third-order valence-corrected chi connectivity index (χ3v) is 5.33. The van der Waals surface area contributed by atoms with E-state index in [0.717, 1.165) is 12.8 Å². The van der Waals surface area contributed by atoms with E-state index in [0.29, 0.717) is 41.5 Å². The minimum atomic E-state index is -0.166. The van der Waals surface area contributed by atoms with Crippen LogP contribution in [0.25, 0.3) is 0 Å². The van der Waals surface area contributed by atoms with Crippen LogP contribution < -0.4 is 10.1 Å². The summed E-state index contributed by atoms with van der Waals surface area (Å²) < 4.78 is 5.60. The molecule has 0 radical (unpaired) electrons. The van der Waals surface area contributed by atoms with Crippen LogP contribution in [0.1, 0.15) is 35.7 Å². The third-order valence-electron chi connectivity index (χ3n) is 5.08. The van der Waals surface area contributed by atoms with E-state index in [4.69, 9.17) is 16.3 Å². The van der Waals surface area contributed by atoms with Gasteiger partial charge in [0.2, 0.25) is 5.91 Å². The number of ketones is 1. The number of carbonyl (C=O) groups is 3. The van der Waals surface area contributed by atoms with E-state index >= 15 is 0 Å². The smallest absolute Gasteiger partial charge is 0.260 e. The first-order valence-corrected chi connectivity index (χ1v) is 10.4. The second-order valence-corrected chi connectivity index (χ2v) is 7.66. The lowest BCUT2D eigenvalue weighted by molar-refractivity contribution is -0.137. The van der Waals surface area contributed by atoms with E-state index in [2.05, 4.69) is 5.32 Å². The Kier molecular flexibility index (Phi) is 7.46. The fraction of sp³-hybridized carbons (Fsp3) is 0.348. The van der Waals surface area contributed by atoms with Crippen molar-refractivity contribution in [2.24, 2.45) is 5.92 Å². The largest absolute Gasteiger partial charge is 0.484 e. The number of carbonyl (C=O) groups excluding carboxylic acids is 3. The molecule has 0 aliphatic carbocycles. The molecule has 7 heteroatoms. The van der Waals surface area contributed by atoms with Gasteiger partial charge in [0.25, 0.3) is 5.91 Å². The fourth-order valence-corrected chi connectivity index (χ4v) is 3.57. The van der Waals surface area contributed by atoms with Crippen molar-refractivity contribution in [3.63, 3.8) is 0 Å². The van der Waals surface area contributed by atoms with Gasteiger partial charge in [-0.25, -0.2) is 0 Å². The number of nitrogens with one attached hydrogen (secondary N) is 1. The molecule has 2 amide bonds. The summed E-state index contributed by atoms with van der Waals surface area (Å²) in [5.41, 5.74) is 1.08. The van der Waals surface area contributed by atoms with Gasteiger partial charge in [-0.2, -0.15) is 0 Å². The van der Waals surface area contributed by atoms with Gasteiger partial charge < -0.3 is 15.0 Å². The van der Waals surface area contributed by atoms with Crippen molar-refractivity contribution in [1.29, 1.82) is 0 Å². The molecule has 1 heterocycles. The van der Waals surface area contributed by atoms with Gasteiger partial charge in [-0.3, -0.25) is 14.4 Å². The number of piperidine rings is 1. The number of amides is 2. The molecule has 1 N–H and O–H groups in total. The molecule has 1 saturated heterocycles. The highest BCUT2D eigenvalue weighted by atomic mass is 35.5. The Morgan fingerprint density at radius 1 is 1.07 bits per heavy atom. The zero-order valence-corrected chi connectivity index (χ0v) is 17.7. The lowest BCUT2D eigenvalue weighted by Gasteiger charge is -2.32. The average Bonchev–Trinajstić information content (AvgIpc) is 2.78. The number of benzene rings is 2. The zero-order chi connectivity index (χ0) is 21.5. The topological polar surface area (TPSA) is 75.7 Å². The van der Waals surface area contributed by atoms with Crippen LogP contribution in [0.2, 0.25) is 5.02 Å². The van der Waals surface area contributed by atoms with Gasteiger partial charge in [-0.05, 0) is 68.3 Å². The first-order valence-electron chi connectivity index (χ1n) is 10.1. The third kappa shape index (κ3) is 5.60. The van der Waals surface area contributed by atoms with Crippen molar-refractivity contribution in [2.45, 2.75) is 19.8 Å². The van der Waals surface area contributed by atoms with Crippen molar-refractivity contribution in [3.8, 4) is 5.75 Å². The Hall–Kier alpha value is -2.86. The van der Waals surface area contributed by atoms with E-state index in [1.165, 1.54) is 0 Å². The highest BCUT2D eigenvalue weighted by molar-refractivity contribution is 6.30. The second kappa shape index (κ2) is 10.3. The summed E-state index contributed by atoms with van der Waals surface area (Å²) in [6.45, 7) is 3.41. The maximum atomic E-state index is 12.5. The summed E-state index contributed by atoms with van der Waals surface area (Å²) in [6, 6.07) is 13.4. The van der Waals surface area contributed by atoms with Crippen LogP contribution in [0.3, 0.4) is 0 Å². The Morgan fingerprint density at radius 2 is 1.70 bits per heavy atom. The minimum absolute atomic E-state index is 0.00291. The van der Waals surface area contributed by atoms with E-state index in [1.54, 1.807) is 53.4 Å². The molecule has 1 aliphatic heterocycles. The lowest BCUT2D eigenvalue weighted by Crippen LogP contribution is -2.46. The monoisotopic (exact) mass is 428 g/mol. The summed E-state index contributed by atoms with van der Waals surface area (Å²) >= 11 is 5.86. The van der Waals surface area contributed by atoms with Crippen LogP contribution in [-0.4, -0.2) is 48.7 Å². The minimum Gasteiger partial charge on any atom is -0.484 e. The quantitative estimate of drug-likeness (QED) is 0.686. The Morgan fingerprint density at radius 3 is 2.33 bits per heavy atom. The maximum Gasteiger partial charge on any atom is 0.260 e. The van der Waals surface area contributed by atoms with Crippen molar-refractivity contribution in [1.82, 2.24) is 10.2 Å². The van der Waals surface area contributed by atoms with Gasteiger partial charge in [0.05, 0.1) is 5.92 Å². The molecule has 1 atom stereocenters. The highest BCUT2D eigenvalue weighted by Crippen LogP contribution is 2.19. The fourth-order valence-electron chi connectivity index (χ4n) is 3.44. The molecule has 30 heavy (non-hydrogen) atoms. The molecule has 0 saturated carbocycles. The summed E-state index contributed by atoms with van der Waals surface area (Å²) in [5.74, 6) is 0.0790. The lowest BCUT2D eigenvalue weighted by atomic mass is 9.97. The number of nitrogens with zero attached hydrogens (tertiary/aromatic N) is 1. The first-order chi connectivity index (χ1) is 14.5. The molecule has 2 aromatic rings. The molecule has 1 aliphatic rings. The second-order valence-electron chi connectivity index (χ2n) is 7.22. The molecular weight excluding hydrogens is 404 g/mol. The predicted molar refractivity (Wildman–Crippen MR) is 115 cm³/mol. The summed E-state index contributed by atoms with van der Waals surface area (Å²) in [4.78, 5) is 38.7. The average molecular weight is 429 g/mol. The molecule has 0 aromatic heterocycles. The van der Waals surface area contributed by atoms with Crippen molar-refractivity contribution in [3.05, 3.63) is 64.7 Å². The predicted octanol–water partition coefficient (Wildman–Crippen LogP) is 3.32. The van der Waals surface area contributed by atoms with Crippen LogP contribution in [-0.2, 0) is 9.59 Å². The highest BCUT2D eigenvalue weighted by Gasteiger charge is 2.28. The molecular formula is C23H25ClN2O4. The van der Waals surface area contributed by atoms with E-state index in [9.17, 15) is 14.4 Å².